The number of ether oxygens (including phenoxy) is 2. The molecule has 9 heteroatoms. The molecule has 0 aliphatic carbocycles. The fraction of sp³-hybridized carbons (Fsp3) is 0.250. The summed E-state index contributed by atoms with van der Waals surface area (Å²) in [6, 6.07) is 12.1. The van der Waals surface area contributed by atoms with E-state index in [1.165, 1.54) is 25.1 Å². The van der Waals surface area contributed by atoms with Crippen LogP contribution in [0.2, 0.25) is 0 Å². The minimum absolute atomic E-state index is 0.179. The van der Waals surface area contributed by atoms with E-state index in [2.05, 4.69) is 16.2 Å². The maximum absolute atomic E-state index is 13.5. The lowest BCUT2D eigenvalue weighted by Gasteiger charge is -2.15. The van der Waals surface area contributed by atoms with Crippen LogP contribution in [0.15, 0.2) is 48.5 Å². The standard InChI is InChI=1S/C20H22FN3O5/c1-3-28-14-8-10-15(11-9-14)29-13(2)19(26)24-23-18(25)12-22-20(27)16-6-4-5-7-17(16)21/h4-11,13H,3,12H2,1-2H3,(H,22,27)(H,23,25)(H,24,26)/t13-/m1/s1. The molecule has 8 nitrogen and oxygen atoms in total. The van der Waals surface area contributed by atoms with Crippen molar-refractivity contribution in [2.45, 2.75) is 20.0 Å². The molecule has 3 amide bonds. The van der Waals surface area contributed by atoms with Crippen molar-refractivity contribution in [1.82, 2.24) is 16.2 Å². The minimum atomic E-state index is -0.888. The predicted octanol–water partition coefficient (Wildman–Crippen LogP) is 1.57. The number of benzene rings is 2. The number of rotatable bonds is 8. The Morgan fingerprint density at radius 1 is 1.00 bits per heavy atom. The molecular formula is C20H22FN3O5. The summed E-state index contributed by atoms with van der Waals surface area (Å²) in [5.74, 6) is -1.57. The van der Waals surface area contributed by atoms with Gasteiger partial charge in [-0.15, -0.1) is 0 Å². The van der Waals surface area contributed by atoms with Crippen LogP contribution in [-0.4, -0.2) is 37.0 Å². The average Bonchev–Trinajstić information content (AvgIpc) is 2.72. The quantitative estimate of drug-likeness (QED) is 0.580. The topological polar surface area (TPSA) is 106 Å². The van der Waals surface area contributed by atoms with Gasteiger partial charge in [0, 0.05) is 0 Å². The third-order valence-corrected chi connectivity index (χ3v) is 3.67. The third kappa shape index (κ3) is 6.80. The summed E-state index contributed by atoms with van der Waals surface area (Å²) >= 11 is 0. The minimum Gasteiger partial charge on any atom is -0.494 e. The zero-order valence-electron chi connectivity index (χ0n) is 16.0. The van der Waals surface area contributed by atoms with Crippen LogP contribution >= 0.6 is 0 Å². The smallest absolute Gasteiger partial charge is 0.279 e. The molecule has 0 radical (unpaired) electrons. The first kappa shape index (κ1) is 21.7. The number of hydrogen-bond acceptors (Lipinski definition) is 5. The molecular weight excluding hydrogens is 381 g/mol. The van der Waals surface area contributed by atoms with Gasteiger partial charge in [-0.3, -0.25) is 25.2 Å². The zero-order valence-corrected chi connectivity index (χ0v) is 16.0. The maximum Gasteiger partial charge on any atom is 0.279 e. The number of hydrazine groups is 1. The van der Waals surface area contributed by atoms with E-state index in [1.54, 1.807) is 24.3 Å². The molecule has 0 unspecified atom stereocenters. The highest BCUT2D eigenvalue weighted by Gasteiger charge is 2.16. The van der Waals surface area contributed by atoms with Gasteiger partial charge in [-0.2, -0.15) is 0 Å². The van der Waals surface area contributed by atoms with E-state index in [4.69, 9.17) is 9.47 Å². The molecule has 0 aliphatic heterocycles. The van der Waals surface area contributed by atoms with Crippen LogP contribution in [0.5, 0.6) is 11.5 Å². The van der Waals surface area contributed by atoms with Crippen molar-refractivity contribution in [2.24, 2.45) is 0 Å². The summed E-state index contributed by atoms with van der Waals surface area (Å²) in [6.45, 7) is 3.48. The van der Waals surface area contributed by atoms with E-state index in [0.717, 1.165) is 6.07 Å². The Balaban J connectivity index is 1.74. The number of halogens is 1. The number of carbonyl (C=O) groups excluding carboxylic acids is 3. The molecule has 2 aromatic rings. The predicted molar refractivity (Wildman–Crippen MR) is 103 cm³/mol. The molecule has 0 fully saturated rings. The van der Waals surface area contributed by atoms with Crippen LogP contribution in [0, 0.1) is 5.82 Å². The average molecular weight is 403 g/mol. The second-order valence-corrected chi connectivity index (χ2v) is 5.86. The number of nitrogens with one attached hydrogen (secondary N) is 3. The molecule has 2 aromatic carbocycles. The first-order valence-corrected chi connectivity index (χ1v) is 8.91. The van der Waals surface area contributed by atoms with Gasteiger partial charge in [0.1, 0.15) is 17.3 Å². The Labute approximate surface area is 167 Å². The summed E-state index contributed by atoms with van der Waals surface area (Å²) in [5.41, 5.74) is 4.17. The van der Waals surface area contributed by atoms with Gasteiger partial charge in [-0.25, -0.2) is 4.39 Å². The van der Waals surface area contributed by atoms with Gasteiger partial charge in [0.25, 0.3) is 17.7 Å². The second kappa shape index (κ2) is 10.6. The lowest BCUT2D eigenvalue weighted by atomic mass is 10.2. The molecule has 3 N–H and O–H groups in total. The van der Waals surface area contributed by atoms with Gasteiger partial charge in [-0.1, -0.05) is 12.1 Å². The first-order valence-electron chi connectivity index (χ1n) is 8.91. The highest BCUT2D eigenvalue weighted by atomic mass is 19.1. The lowest BCUT2D eigenvalue weighted by Crippen LogP contribution is -2.50. The van der Waals surface area contributed by atoms with Gasteiger partial charge < -0.3 is 14.8 Å². The van der Waals surface area contributed by atoms with Gasteiger partial charge in [0.15, 0.2) is 6.10 Å². The fourth-order valence-electron chi connectivity index (χ4n) is 2.22. The van der Waals surface area contributed by atoms with E-state index >= 15 is 0 Å². The Hall–Kier alpha value is -3.62. The molecule has 0 saturated carbocycles. The lowest BCUT2D eigenvalue weighted by molar-refractivity contribution is -0.132. The number of amides is 3. The molecule has 1 atom stereocenters. The monoisotopic (exact) mass is 403 g/mol. The van der Waals surface area contributed by atoms with Gasteiger partial charge in [0.2, 0.25) is 0 Å². The Morgan fingerprint density at radius 2 is 1.66 bits per heavy atom. The molecule has 154 valence electrons. The van der Waals surface area contributed by atoms with Crippen molar-refractivity contribution in [3.8, 4) is 11.5 Å². The summed E-state index contributed by atoms with van der Waals surface area (Å²) in [5, 5.41) is 2.26. The van der Waals surface area contributed by atoms with Crippen LogP contribution < -0.4 is 25.6 Å². The Bertz CT molecular complexity index is 857. The van der Waals surface area contributed by atoms with E-state index in [-0.39, 0.29) is 5.56 Å². The van der Waals surface area contributed by atoms with Gasteiger partial charge in [-0.05, 0) is 50.2 Å². The van der Waals surface area contributed by atoms with Crippen LogP contribution in [0.4, 0.5) is 4.39 Å². The molecule has 0 saturated heterocycles. The van der Waals surface area contributed by atoms with Crippen molar-refractivity contribution in [3.05, 3.63) is 59.9 Å². The number of hydrogen-bond donors (Lipinski definition) is 3. The summed E-state index contributed by atoms with van der Waals surface area (Å²) < 4.78 is 24.3. The molecule has 0 aromatic heterocycles. The second-order valence-electron chi connectivity index (χ2n) is 5.86. The van der Waals surface area contributed by atoms with Crippen molar-refractivity contribution in [2.75, 3.05) is 13.2 Å². The van der Waals surface area contributed by atoms with Crippen LogP contribution in [0.25, 0.3) is 0 Å². The molecule has 0 spiro atoms. The molecule has 0 aliphatic rings. The first-order chi connectivity index (χ1) is 13.9. The van der Waals surface area contributed by atoms with E-state index in [0.29, 0.717) is 18.1 Å². The highest BCUT2D eigenvalue weighted by molar-refractivity contribution is 5.96. The van der Waals surface area contributed by atoms with Crippen molar-refractivity contribution < 1.29 is 28.2 Å². The van der Waals surface area contributed by atoms with Gasteiger partial charge in [0.05, 0.1) is 18.7 Å². The Kier molecular flexibility index (Phi) is 7.96. The fourth-order valence-corrected chi connectivity index (χ4v) is 2.22. The molecule has 29 heavy (non-hydrogen) atoms. The largest absolute Gasteiger partial charge is 0.494 e. The van der Waals surface area contributed by atoms with E-state index < -0.39 is 36.2 Å². The Morgan fingerprint density at radius 3 is 2.31 bits per heavy atom. The maximum atomic E-state index is 13.5. The van der Waals surface area contributed by atoms with Crippen LogP contribution in [0.1, 0.15) is 24.2 Å². The van der Waals surface area contributed by atoms with E-state index in [9.17, 15) is 18.8 Å². The summed E-state index contributed by atoms with van der Waals surface area (Å²) in [7, 11) is 0. The zero-order chi connectivity index (χ0) is 21.2. The van der Waals surface area contributed by atoms with Gasteiger partial charge >= 0.3 is 0 Å². The van der Waals surface area contributed by atoms with Crippen LogP contribution in [0.3, 0.4) is 0 Å². The summed E-state index contributed by atoms with van der Waals surface area (Å²) in [6.07, 6.45) is -0.888. The third-order valence-electron chi connectivity index (χ3n) is 3.67. The van der Waals surface area contributed by atoms with Crippen LogP contribution in [-0.2, 0) is 9.59 Å². The van der Waals surface area contributed by atoms with Crippen molar-refractivity contribution in [1.29, 1.82) is 0 Å². The highest BCUT2D eigenvalue weighted by Crippen LogP contribution is 2.18. The SMILES string of the molecule is CCOc1ccc(O[C@H](C)C(=O)NNC(=O)CNC(=O)c2ccccc2F)cc1. The molecule has 2 rings (SSSR count). The summed E-state index contributed by atoms with van der Waals surface area (Å²) in [4.78, 5) is 35.6. The van der Waals surface area contributed by atoms with Crippen molar-refractivity contribution >= 4 is 17.7 Å². The molecule has 0 bridgehead atoms. The normalized spacial score (nSPS) is 11.1. The van der Waals surface area contributed by atoms with E-state index in [1.807, 2.05) is 6.92 Å². The van der Waals surface area contributed by atoms with Crippen molar-refractivity contribution in [3.63, 3.8) is 0 Å². The molecule has 0 heterocycles. The number of carbonyl (C=O) groups is 3.